The maximum atomic E-state index is 15.8. The van der Waals surface area contributed by atoms with E-state index in [0.29, 0.717) is 41.2 Å². The van der Waals surface area contributed by atoms with Crippen molar-refractivity contribution in [1.29, 1.82) is 0 Å². The highest BCUT2D eigenvalue weighted by molar-refractivity contribution is 6.30. The third kappa shape index (κ3) is 3.94. The zero-order chi connectivity index (χ0) is 23.3. The van der Waals surface area contributed by atoms with Crippen molar-refractivity contribution in [3.8, 4) is 11.1 Å². The van der Waals surface area contributed by atoms with Gasteiger partial charge in [0.2, 0.25) is 0 Å². The van der Waals surface area contributed by atoms with E-state index in [1.807, 2.05) is 30.5 Å². The third-order valence-corrected chi connectivity index (χ3v) is 6.89. The summed E-state index contributed by atoms with van der Waals surface area (Å²) in [4.78, 5) is 26.2. The lowest BCUT2D eigenvalue weighted by Gasteiger charge is -2.24. The Hall–Kier alpha value is -2.34. The molecule has 0 saturated heterocycles. The van der Waals surface area contributed by atoms with E-state index >= 15 is 4.39 Å². The Kier molecular flexibility index (Phi) is 5.86. The molecule has 1 heterocycles. The molecular formula is C25H30ClFN2O3. The molecule has 2 fully saturated rings. The van der Waals surface area contributed by atoms with Crippen LogP contribution >= 0.6 is 11.6 Å². The Morgan fingerprint density at radius 2 is 1.88 bits per heavy atom. The predicted molar refractivity (Wildman–Crippen MR) is 123 cm³/mol. The van der Waals surface area contributed by atoms with Crippen molar-refractivity contribution < 1.29 is 18.7 Å². The summed E-state index contributed by atoms with van der Waals surface area (Å²) in [6.07, 6.45) is 3.16. The number of aromatic nitrogens is 1. The molecule has 4 rings (SSSR count). The van der Waals surface area contributed by atoms with Crippen LogP contribution in [0, 0.1) is 6.92 Å². The fraction of sp³-hybridized carbons (Fsp3) is 0.520. The number of halogens is 2. The monoisotopic (exact) mass is 460 g/mol. The van der Waals surface area contributed by atoms with Crippen LogP contribution in [0.5, 0.6) is 0 Å². The first-order valence-electron chi connectivity index (χ1n) is 11.3. The number of hydrogen-bond acceptors (Lipinski definition) is 3. The molecule has 1 atom stereocenters. The van der Waals surface area contributed by atoms with Gasteiger partial charge in [-0.05, 0) is 76.1 Å². The molecule has 0 spiro atoms. The van der Waals surface area contributed by atoms with Gasteiger partial charge in [0.1, 0.15) is 16.9 Å². The van der Waals surface area contributed by atoms with Gasteiger partial charge in [0.25, 0.3) is 5.91 Å². The van der Waals surface area contributed by atoms with Crippen molar-refractivity contribution in [1.82, 2.24) is 9.88 Å². The van der Waals surface area contributed by atoms with Gasteiger partial charge in [-0.15, -0.1) is 0 Å². The fourth-order valence-electron chi connectivity index (χ4n) is 4.46. The minimum Gasteiger partial charge on any atom is -0.464 e. The zero-order valence-corrected chi connectivity index (χ0v) is 19.8. The Morgan fingerprint density at radius 3 is 2.38 bits per heavy atom. The van der Waals surface area contributed by atoms with Gasteiger partial charge in [0.15, 0.2) is 0 Å². The normalized spacial score (nSPS) is 18.7. The van der Waals surface area contributed by atoms with Crippen LogP contribution in [0.15, 0.2) is 24.3 Å². The number of nitrogens with one attached hydrogen (secondary N) is 1. The number of ether oxygens (including phenoxy) is 1. The molecule has 1 N–H and O–H groups in total. The number of nitrogens with zero attached hydrogens (tertiary/aromatic N) is 1. The van der Waals surface area contributed by atoms with Crippen molar-refractivity contribution in [2.75, 3.05) is 6.61 Å². The first-order valence-corrected chi connectivity index (χ1v) is 11.7. The first kappa shape index (κ1) is 22.8. The highest BCUT2D eigenvalue weighted by Crippen LogP contribution is 2.48. The molecule has 2 saturated carbocycles. The van der Waals surface area contributed by atoms with Gasteiger partial charge in [-0.3, -0.25) is 4.79 Å². The molecule has 32 heavy (non-hydrogen) atoms. The van der Waals surface area contributed by atoms with Crippen molar-refractivity contribution in [3.63, 3.8) is 0 Å². The van der Waals surface area contributed by atoms with Crippen LogP contribution in [-0.4, -0.2) is 28.6 Å². The summed E-state index contributed by atoms with van der Waals surface area (Å²) in [6, 6.07) is 7.30. The molecule has 2 aliphatic carbocycles. The van der Waals surface area contributed by atoms with E-state index in [0.717, 1.165) is 24.0 Å². The smallest absolute Gasteiger partial charge is 0.331 e. The number of hydrogen-bond donors (Lipinski definition) is 1. The molecule has 2 aromatic rings. The van der Waals surface area contributed by atoms with Gasteiger partial charge in [0.05, 0.1) is 12.3 Å². The molecule has 172 valence electrons. The predicted octanol–water partition coefficient (Wildman–Crippen LogP) is 5.87. The molecular weight excluding hydrogens is 431 g/mol. The van der Waals surface area contributed by atoms with E-state index in [1.54, 1.807) is 26.0 Å². The minimum atomic E-state index is -1.59. The van der Waals surface area contributed by atoms with Crippen LogP contribution in [0.3, 0.4) is 0 Å². The maximum Gasteiger partial charge on any atom is 0.331 e. The summed E-state index contributed by atoms with van der Waals surface area (Å²) in [6.45, 7) is 7.26. The number of carbonyl (C=O) groups excluding carboxylic acids is 2. The van der Waals surface area contributed by atoms with E-state index in [1.165, 1.54) is 0 Å². The van der Waals surface area contributed by atoms with Crippen LogP contribution in [0.4, 0.5) is 4.39 Å². The summed E-state index contributed by atoms with van der Waals surface area (Å²) < 4.78 is 22.9. The summed E-state index contributed by atoms with van der Waals surface area (Å²) in [7, 11) is 0. The third-order valence-electron chi connectivity index (χ3n) is 6.64. The summed E-state index contributed by atoms with van der Waals surface area (Å²) >= 11 is 6.10. The Bertz CT molecular complexity index is 1050. The molecule has 1 unspecified atom stereocenters. The lowest BCUT2D eigenvalue weighted by atomic mass is 9.94. The number of carbonyl (C=O) groups is 2. The average Bonchev–Trinajstić information content (AvgIpc) is 3.67. The van der Waals surface area contributed by atoms with Gasteiger partial charge in [-0.2, -0.15) is 0 Å². The topological polar surface area (TPSA) is 60.3 Å². The molecule has 2 aliphatic rings. The van der Waals surface area contributed by atoms with E-state index in [2.05, 4.69) is 5.32 Å². The second-order valence-corrected chi connectivity index (χ2v) is 9.55. The van der Waals surface area contributed by atoms with Gasteiger partial charge in [-0.1, -0.05) is 30.7 Å². The van der Waals surface area contributed by atoms with Crippen molar-refractivity contribution in [3.05, 3.63) is 46.2 Å². The van der Waals surface area contributed by atoms with Gasteiger partial charge in [-0.25, -0.2) is 9.18 Å². The summed E-state index contributed by atoms with van der Waals surface area (Å²) in [5.41, 5.74) is 0.612. The van der Waals surface area contributed by atoms with Crippen LogP contribution < -0.4 is 5.32 Å². The largest absolute Gasteiger partial charge is 0.464 e. The molecule has 1 aromatic heterocycles. The van der Waals surface area contributed by atoms with E-state index < -0.39 is 17.2 Å². The minimum absolute atomic E-state index is 0.0740. The fourth-order valence-corrected chi connectivity index (χ4v) is 4.59. The molecule has 5 nitrogen and oxygen atoms in total. The number of amides is 1. The Morgan fingerprint density at radius 1 is 1.25 bits per heavy atom. The summed E-state index contributed by atoms with van der Waals surface area (Å²) in [5.74, 6) is -0.777. The van der Waals surface area contributed by atoms with Crippen LogP contribution in [-0.2, 0) is 15.2 Å². The highest BCUT2D eigenvalue weighted by atomic mass is 35.5. The van der Waals surface area contributed by atoms with E-state index in [-0.39, 0.29) is 18.6 Å². The molecule has 0 bridgehead atoms. The van der Waals surface area contributed by atoms with Gasteiger partial charge < -0.3 is 14.6 Å². The van der Waals surface area contributed by atoms with Gasteiger partial charge >= 0.3 is 5.97 Å². The summed E-state index contributed by atoms with van der Waals surface area (Å²) in [5, 5.41) is 3.53. The second-order valence-electron chi connectivity index (χ2n) is 9.11. The quantitative estimate of drug-likeness (QED) is 0.501. The molecule has 0 aliphatic heterocycles. The average molecular weight is 461 g/mol. The van der Waals surface area contributed by atoms with Crippen LogP contribution in [0.25, 0.3) is 11.1 Å². The highest BCUT2D eigenvalue weighted by Gasteiger charge is 2.53. The lowest BCUT2D eigenvalue weighted by Crippen LogP contribution is -2.45. The van der Waals surface area contributed by atoms with Crippen molar-refractivity contribution in [2.45, 2.75) is 77.0 Å². The molecule has 1 amide bonds. The van der Waals surface area contributed by atoms with Crippen molar-refractivity contribution in [2.24, 2.45) is 0 Å². The molecule has 1 aromatic carbocycles. The Labute approximate surface area is 193 Å². The van der Waals surface area contributed by atoms with E-state index in [9.17, 15) is 9.59 Å². The second kappa shape index (κ2) is 8.22. The van der Waals surface area contributed by atoms with Crippen LogP contribution in [0.1, 0.15) is 80.7 Å². The van der Waals surface area contributed by atoms with Crippen LogP contribution in [0.2, 0.25) is 5.02 Å². The van der Waals surface area contributed by atoms with Crippen molar-refractivity contribution >= 4 is 23.5 Å². The maximum absolute atomic E-state index is 15.8. The zero-order valence-electron chi connectivity index (χ0n) is 19.1. The number of benzene rings is 1. The number of rotatable bonds is 8. The van der Waals surface area contributed by atoms with E-state index in [4.69, 9.17) is 16.3 Å². The first-order chi connectivity index (χ1) is 15.1. The number of esters is 1. The Balaban J connectivity index is 1.88. The van der Waals surface area contributed by atoms with Gasteiger partial charge in [0, 0.05) is 16.6 Å². The number of alkyl halides is 1. The standard InChI is InChI=1S/C25H30ClFN2O3/c1-5-24(4,27)21-15(3)19(16-7-9-17(26)10-8-16)20(29(21)18-11-12-18)22(30)28-25(13-14-25)23(31)32-6-2/h7-10,18H,5-6,11-14H2,1-4H3,(H,28,30). The lowest BCUT2D eigenvalue weighted by molar-refractivity contribution is -0.146. The molecule has 7 heteroatoms. The SMILES string of the molecule is CCOC(=O)C1(NC(=O)c2c(-c3ccc(Cl)cc3)c(C)c(C(C)(F)CC)n2C2CC2)CC1. The molecule has 0 radical (unpaired) electrons.